The van der Waals surface area contributed by atoms with Gasteiger partial charge in [0.15, 0.2) is 0 Å². The van der Waals surface area contributed by atoms with Crippen molar-refractivity contribution in [1.82, 2.24) is 5.32 Å². The Morgan fingerprint density at radius 1 is 1.17 bits per heavy atom. The normalized spacial score (nSPS) is 13.9. The number of hydrogen-bond donors (Lipinski definition) is 2. The van der Waals surface area contributed by atoms with Crippen molar-refractivity contribution in [3.05, 3.63) is 29.8 Å². The summed E-state index contributed by atoms with van der Waals surface area (Å²) < 4.78 is 5.68. The summed E-state index contributed by atoms with van der Waals surface area (Å²) in [6.07, 6.45) is 0. The van der Waals surface area contributed by atoms with Crippen LogP contribution in [0.1, 0.15) is 47.1 Å². The SMILES string of the molecule is CC(C)COc1ccc(C(C)(C)NC(=O)C(C)C(C)N)cc1.Cl. The largest absolute Gasteiger partial charge is 0.493 e. The molecule has 5 heteroatoms. The highest BCUT2D eigenvalue weighted by molar-refractivity contribution is 5.85. The molecule has 1 rings (SSSR count). The van der Waals surface area contributed by atoms with E-state index in [1.54, 1.807) is 0 Å². The first-order valence-corrected chi connectivity index (χ1v) is 7.94. The molecule has 1 aromatic rings. The summed E-state index contributed by atoms with van der Waals surface area (Å²) in [5.41, 5.74) is 6.38. The average molecular weight is 343 g/mol. The van der Waals surface area contributed by atoms with Crippen LogP contribution < -0.4 is 15.8 Å². The van der Waals surface area contributed by atoms with E-state index in [0.29, 0.717) is 12.5 Å². The van der Waals surface area contributed by atoms with Crippen LogP contribution in [0.3, 0.4) is 0 Å². The molecule has 0 aromatic heterocycles. The third-order valence-electron chi connectivity index (χ3n) is 3.80. The van der Waals surface area contributed by atoms with Gasteiger partial charge in [0.2, 0.25) is 5.91 Å². The van der Waals surface area contributed by atoms with Gasteiger partial charge in [0.1, 0.15) is 5.75 Å². The molecule has 1 amide bonds. The monoisotopic (exact) mass is 342 g/mol. The zero-order valence-electron chi connectivity index (χ0n) is 15.1. The van der Waals surface area contributed by atoms with Crippen LogP contribution in [-0.4, -0.2) is 18.6 Å². The number of nitrogens with one attached hydrogen (secondary N) is 1. The van der Waals surface area contributed by atoms with E-state index in [1.807, 2.05) is 52.0 Å². The Morgan fingerprint density at radius 3 is 2.13 bits per heavy atom. The molecule has 0 radical (unpaired) electrons. The van der Waals surface area contributed by atoms with Gasteiger partial charge in [0.25, 0.3) is 0 Å². The second-order valence-electron chi connectivity index (χ2n) is 6.99. The Morgan fingerprint density at radius 2 is 1.70 bits per heavy atom. The molecule has 0 saturated heterocycles. The van der Waals surface area contributed by atoms with Gasteiger partial charge in [-0.25, -0.2) is 0 Å². The lowest BCUT2D eigenvalue weighted by Gasteiger charge is -2.29. The van der Waals surface area contributed by atoms with Crippen LogP contribution in [-0.2, 0) is 10.3 Å². The van der Waals surface area contributed by atoms with Gasteiger partial charge in [0, 0.05) is 12.0 Å². The standard InChI is InChI=1S/C18H30N2O2.ClH/c1-12(2)11-22-16-9-7-15(8-10-16)18(5,6)20-17(21)13(3)14(4)19;/h7-10,12-14H,11,19H2,1-6H3,(H,20,21);1H. The van der Waals surface area contributed by atoms with Crippen LogP contribution in [0, 0.1) is 11.8 Å². The molecule has 2 unspecified atom stereocenters. The van der Waals surface area contributed by atoms with Crippen molar-refractivity contribution in [3.63, 3.8) is 0 Å². The molecular formula is C18H31ClN2O2. The third-order valence-corrected chi connectivity index (χ3v) is 3.80. The van der Waals surface area contributed by atoms with Crippen LogP contribution >= 0.6 is 12.4 Å². The zero-order valence-corrected chi connectivity index (χ0v) is 15.9. The number of halogens is 1. The first-order valence-electron chi connectivity index (χ1n) is 7.94. The molecule has 23 heavy (non-hydrogen) atoms. The predicted octanol–water partition coefficient (Wildman–Crippen LogP) is 3.48. The van der Waals surface area contributed by atoms with Crippen LogP contribution in [0.25, 0.3) is 0 Å². The summed E-state index contributed by atoms with van der Waals surface area (Å²) in [5, 5.41) is 3.06. The molecule has 3 N–H and O–H groups in total. The van der Waals surface area contributed by atoms with Crippen LogP contribution in [0.2, 0.25) is 0 Å². The Kier molecular flexibility index (Phi) is 8.64. The minimum atomic E-state index is -0.448. The van der Waals surface area contributed by atoms with Gasteiger partial charge in [-0.1, -0.05) is 32.9 Å². The van der Waals surface area contributed by atoms with Gasteiger partial charge < -0.3 is 15.8 Å². The molecule has 0 heterocycles. The maximum Gasteiger partial charge on any atom is 0.225 e. The Labute approximate surface area is 146 Å². The first kappa shape index (κ1) is 21.7. The molecule has 0 spiro atoms. The number of carbonyl (C=O) groups excluding carboxylic acids is 1. The number of carbonyl (C=O) groups is 1. The van der Waals surface area contributed by atoms with Gasteiger partial charge in [-0.2, -0.15) is 0 Å². The molecule has 1 aromatic carbocycles. The average Bonchev–Trinajstić information content (AvgIpc) is 2.44. The molecule has 4 nitrogen and oxygen atoms in total. The third kappa shape index (κ3) is 6.80. The van der Waals surface area contributed by atoms with E-state index in [-0.39, 0.29) is 30.3 Å². The summed E-state index contributed by atoms with van der Waals surface area (Å²) in [4.78, 5) is 12.2. The molecule has 0 aliphatic carbocycles. The van der Waals surface area contributed by atoms with Crippen molar-refractivity contribution < 1.29 is 9.53 Å². The van der Waals surface area contributed by atoms with E-state index in [1.165, 1.54) is 0 Å². The van der Waals surface area contributed by atoms with E-state index in [0.717, 1.165) is 11.3 Å². The molecule has 0 bridgehead atoms. The topological polar surface area (TPSA) is 64.3 Å². The molecule has 132 valence electrons. The minimum absolute atomic E-state index is 0. The molecule has 0 aliphatic heterocycles. The number of nitrogens with two attached hydrogens (primary N) is 1. The van der Waals surface area contributed by atoms with Crippen LogP contribution in [0.15, 0.2) is 24.3 Å². The smallest absolute Gasteiger partial charge is 0.225 e. The summed E-state index contributed by atoms with van der Waals surface area (Å²) in [6, 6.07) is 7.71. The summed E-state index contributed by atoms with van der Waals surface area (Å²) in [7, 11) is 0. The van der Waals surface area contributed by atoms with Gasteiger partial charge >= 0.3 is 0 Å². The zero-order chi connectivity index (χ0) is 16.9. The van der Waals surface area contributed by atoms with Crippen molar-refractivity contribution in [3.8, 4) is 5.75 Å². The molecule has 0 fully saturated rings. The number of ether oxygens (including phenoxy) is 1. The molecular weight excluding hydrogens is 312 g/mol. The number of hydrogen-bond acceptors (Lipinski definition) is 3. The highest BCUT2D eigenvalue weighted by Crippen LogP contribution is 2.23. The van der Waals surface area contributed by atoms with Crippen LogP contribution in [0.5, 0.6) is 5.75 Å². The maximum atomic E-state index is 12.2. The summed E-state index contributed by atoms with van der Waals surface area (Å²) in [5.74, 6) is 1.10. The lowest BCUT2D eigenvalue weighted by molar-refractivity contribution is -0.126. The van der Waals surface area contributed by atoms with E-state index in [2.05, 4.69) is 19.2 Å². The lowest BCUT2D eigenvalue weighted by Crippen LogP contribution is -2.47. The van der Waals surface area contributed by atoms with Crippen molar-refractivity contribution in [2.75, 3.05) is 6.61 Å². The fourth-order valence-corrected chi connectivity index (χ4v) is 1.96. The van der Waals surface area contributed by atoms with Gasteiger partial charge in [-0.05, 0) is 44.4 Å². The van der Waals surface area contributed by atoms with E-state index >= 15 is 0 Å². The quantitative estimate of drug-likeness (QED) is 0.797. The van der Waals surface area contributed by atoms with Gasteiger partial charge in [-0.3, -0.25) is 4.79 Å². The minimum Gasteiger partial charge on any atom is -0.493 e. The fraction of sp³-hybridized carbons (Fsp3) is 0.611. The molecule has 2 atom stereocenters. The highest BCUT2D eigenvalue weighted by Gasteiger charge is 2.26. The van der Waals surface area contributed by atoms with E-state index < -0.39 is 5.54 Å². The second kappa shape index (κ2) is 9.14. The van der Waals surface area contributed by atoms with Gasteiger partial charge in [-0.15, -0.1) is 12.4 Å². The van der Waals surface area contributed by atoms with E-state index in [4.69, 9.17) is 10.5 Å². The summed E-state index contributed by atoms with van der Waals surface area (Å²) in [6.45, 7) is 12.6. The second-order valence-corrected chi connectivity index (χ2v) is 6.99. The highest BCUT2D eigenvalue weighted by atomic mass is 35.5. The number of benzene rings is 1. The molecule has 0 saturated carbocycles. The predicted molar refractivity (Wildman–Crippen MR) is 98.0 cm³/mol. The van der Waals surface area contributed by atoms with Crippen molar-refractivity contribution in [2.24, 2.45) is 17.6 Å². The lowest BCUT2D eigenvalue weighted by atomic mass is 9.92. The summed E-state index contributed by atoms with van der Waals surface area (Å²) >= 11 is 0. The Balaban J connectivity index is 0.00000484. The first-order chi connectivity index (χ1) is 10.1. The Hall–Kier alpha value is -1.26. The number of amides is 1. The Bertz CT molecular complexity index is 484. The number of rotatable bonds is 7. The molecule has 0 aliphatic rings. The van der Waals surface area contributed by atoms with Gasteiger partial charge in [0.05, 0.1) is 12.1 Å². The van der Waals surface area contributed by atoms with Crippen molar-refractivity contribution in [2.45, 2.75) is 53.1 Å². The van der Waals surface area contributed by atoms with Crippen molar-refractivity contribution in [1.29, 1.82) is 0 Å². The maximum absolute atomic E-state index is 12.2. The fourth-order valence-electron chi connectivity index (χ4n) is 1.96. The van der Waals surface area contributed by atoms with Crippen LogP contribution in [0.4, 0.5) is 0 Å². The van der Waals surface area contributed by atoms with Crippen molar-refractivity contribution >= 4 is 18.3 Å². The van der Waals surface area contributed by atoms with E-state index in [9.17, 15) is 4.79 Å².